The van der Waals surface area contributed by atoms with Gasteiger partial charge in [-0.2, -0.15) is 0 Å². The van der Waals surface area contributed by atoms with Gasteiger partial charge in [-0.15, -0.1) is 0 Å². The van der Waals surface area contributed by atoms with Crippen LogP contribution in [0.3, 0.4) is 0 Å². The van der Waals surface area contributed by atoms with Gasteiger partial charge >= 0.3 is 0 Å². The van der Waals surface area contributed by atoms with Gasteiger partial charge < -0.3 is 10.4 Å². The molecule has 2 N–H and O–H groups in total. The van der Waals surface area contributed by atoms with E-state index in [0.717, 1.165) is 0 Å². The van der Waals surface area contributed by atoms with E-state index < -0.39 is 23.8 Å². The molecule has 0 saturated heterocycles. The second-order valence-electron chi connectivity index (χ2n) is 5.41. The number of nitrogens with one attached hydrogen (secondary N) is 1. The lowest BCUT2D eigenvalue weighted by atomic mass is 9.86. The normalized spacial score (nSPS) is 20.0. The van der Waals surface area contributed by atoms with Crippen LogP contribution in [0.1, 0.15) is 37.4 Å². The van der Waals surface area contributed by atoms with E-state index in [4.69, 9.17) is 0 Å². The molecule has 2 rings (SSSR count). The van der Waals surface area contributed by atoms with Crippen LogP contribution in [0, 0.1) is 11.7 Å². The number of benzene rings is 1. The molecule has 1 aliphatic rings. The van der Waals surface area contributed by atoms with E-state index in [1.54, 1.807) is 6.07 Å². The summed E-state index contributed by atoms with van der Waals surface area (Å²) >= 11 is 0. The van der Waals surface area contributed by atoms with E-state index in [1.807, 2.05) is 0 Å². The Balaban J connectivity index is 1.83. The minimum atomic E-state index is -2.68. The first kappa shape index (κ1) is 15.8. The zero-order valence-electron chi connectivity index (χ0n) is 11.5. The Morgan fingerprint density at radius 2 is 1.95 bits per heavy atom. The highest BCUT2D eigenvalue weighted by atomic mass is 19.3. The number of carbonyl (C=O) groups is 1. The lowest BCUT2D eigenvalue weighted by Gasteiger charge is -2.27. The van der Waals surface area contributed by atoms with Gasteiger partial charge in [-0.3, -0.25) is 4.79 Å². The average Bonchev–Trinajstić information content (AvgIpc) is 2.45. The van der Waals surface area contributed by atoms with E-state index in [0.29, 0.717) is 0 Å². The molecule has 0 heterocycles. The molecule has 116 valence electrons. The first-order valence-corrected chi connectivity index (χ1v) is 6.97. The van der Waals surface area contributed by atoms with Gasteiger partial charge in [0.05, 0.1) is 6.10 Å². The van der Waals surface area contributed by atoms with Gasteiger partial charge in [-0.1, -0.05) is 18.2 Å². The molecule has 0 bridgehead atoms. The summed E-state index contributed by atoms with van der Waals surface area (Å²) in [6, 6.07) is 5.76. The Morgan fingerprint density at radius 1 is 1.33 bits per heavy atom. The van der Waals surface area contributed by atoms with Crippen LogP contribution in [0.25, 0.3) is 0 Å². The predicted octanol–water partition coefficient (Wildman–Crippen LogP) is 2.80. The molecule has 1 aromatic carbocycles. The third-order valence-corrected chi connectivity index (χ3v) is 3.82. The number of hydrogen-bond acceptors (Lipinski definition) is 2. The van der Waals surface area contributed by atoms with Crippen molar-refractivity contribution in [3.63, 3.8) is 0 Å². The van der Waals surface area contributed by atoms with Crippen LogP contribution in [0.4, 0.5) is 13.2 Å². The summed E-state index contributed by atoms with van der Waals surface area (Å²) in [5.74, 6) is -4.04. The minimum Gasteiger partial charge on any atom is -0.386 e. The van der Waals surface area contributed by atoms with Crippen LogP contribution in [-0.2, 0) is 4.79 Å². The van der Waals surface area contributed by atoms with Crippen molar-refractivity contribution in [1.82, 2.24) is 5.32 Å². The molecule has 1 amide bonds. The quantitative estimate of drug-likeness (QED) is 0.898. The highest BCUT2D eigenvalue weighted by molar-refractivity contribution is 5.78. The number of halogens is 3. The molecule has 0 spiro atoms. The highest BCUT2D eigenvalue weighted by Crippen LogP contribution is 2.36. The van der Waals surface area contributed by atoms with Crippen molar-refractivity contribution < 1.29 is 23.1 Å². The predicted molar refractivity (Wildman–Crippen MR) is 71.3 cm³/mol. The molecule has 6 heteroatoms. The maximum atomic E-state index is 13.4. The fourth-order valence-corrected chi connectivity index (χ4v) is 2.50. The van der Waals surface area contributed by atoms with Gasteiger partial charge in [-0.25, -0.2) is 13.2 Å². The molecule has 1 aliphatic carbocycles. The molecule has 0 aliphatic heterocycles. The van der Waals surface area contributed by atoms with E-state index in [9.17, 15) is 23.1 Å². The molecule has 21 heavy (non-hydrogen) atoms. The number of amides is 1. The summed E-state index contributed by atoms with van der Waals surface area (Å²) in [5, 5.41) is 12.4. The number of carbonyl (C=O) groups excluding carboxylic acids is 1. The molecule has 1 unspecified atom stereocenters. The van der Waals surface area contributed by atoms with Crippen molar-refractivity contribution in [2.75, 3.05) is 6.54 Å². The van der Waals surface area contributed by atoms with Gasteiger partial charge in [0.25, 0.3) is 0 Å². The topological polar surface area (TPSA) is 49.3 Å². The van der Waals surface area contributed by atoms with Crippen LogP contribution in [-0.4, -0.2) is 23.5 Å². The first-order valence-electron chi connectivity index (χ1n) is 6.97. The van der Waals surface area contributed by atoms with E-state index in [2.05, 4.69) is 5.32 Å². The fraction of sp³-hybridized carbons (Fsp3) is 0.533. The molecule has 1 saturated carbocycles. The van der Waals surface area contributed by atoms with Gasteiger partial charge in [0.1, 0.15) is 5.82 Å². The third-order valence-electron chi connectivity index (χ3n) is 3.82. The summed E-state index contributed by atoms with van der Waals surface area (Å²) in [5.41, 5.74) is 0.105. The minimum absolute atomic E-state index is 0.105. The van der Waals surface area contributed by atoms with E-state index in [1.165, 1.54) is 18.2 Å². The van der Waals surface area contributed by atoms with Crippen LogP contribution in [0.5, 0.6) is 0 Å². The number of rotatable bonds is 4. The average molecular weight is 301 g/mol. The first-order chi connectivity index (χ1) is 9.89. The summed E-state index contributed by atoms with van der Waals surface area (Å²) in [7, 11) is 0. The largest absolute Gasteiger partial charge is 0.386 e. The lowest BCUT2D eigenvalue weighted by molar-refractivity contribution is -0.129. The van der Waals surface area contributed by atoms with Crippen molar-refractivity contribution >= 4 is 5.91 Å². The number of aliphatic hydroxyl groups is 1. The maximum Gasteiger partial charge on any atom is 0.248 e. The second kappa shape index (κ2) is 6.47. The Kier molecular flexibility index (Phi) is 4.88. The van der Waals surface area contributed by atoms with E-state index in [-0.39, 0.29) is 43.7 Å². The van der Waals surface area contributed by atoms with Crippen molar-refractivity contribution in [3.8, 4) is 0 Å². The molecule has 1 atom stereocenters. The Bertz CT molecular complexity index is 497. The summed E-state index contributed by atoms with van der Waals surface area (Å²) in [4.78, 5) is 11.9. The molecule has 1 fully saturated rings. The highest BCUT2D eigenvalue weighted by Gasteiger charge is 2.37. The lowest BCUT2D eigenvalue weighted by Crippen LogP contribution is -2.37. The van der Waals surface area contributed by atoms with Crippen molar-refractivity contribution in [3.05, 3.63) is 35.6 Å². The maximum absolute atomic E-state index is 13.4. The molecular weight excluding hydrogens is 283 g/mol. The number of hydrogen-bond donors (Lipinski definition) is 2. The Hall–Kier alpha value is -1.56. The van der Waals surface area contributed by atoms with Crippen LogP contribution in [0.15, 0.2) is 24.3 Å². The summed E-state index contributed by atoms with van der Waals surface area (Å²) in [6.45, 7) is -0.132. The summed E-state index contributed by atoms with van der Waals surface area (Å²) in [6.07, 6.45) is -1.47. The second-order valence-corrected chi connectivity index (χ2v) is 5.41. The van der Waals surface area contributed by atoms with Crippen molar-refractivity contribution in [2.45, 2.75) is 37.7 Å². The van der Waals surface area contributed by atoms with Crippen LogP contribution < -0.4 is 5.32 Å². The molecule has 3 nitrogen and oxygen atoms in total. The number of alkyl halides is 2. The van der Waals surface area contributed by atoms with E-state index >= 15 is 0 Å². The SMILES string of the molecule is O=C(NCC(O)c1ccccc1F)C1CCC(F)(F)CC1. The fourth-order valence-electron chi connectivity index (χ4n) is 2.50. The van der Waals surface area contributed by atoms with Gasteiger partial charge in [0.2, 0.25) is 11.8 Å². The smallest absolute Gasteiger partial charge is 0.248 e. The van der Waals surface area contributed by atoms with Gasteiger partial charge in [0.15, 0.2) is 0 Å². The Labute approximate surface area is 121 Å². The molecule has 0 aromatic heterocycles. The van der Waals surface area contributed by atoms with Gasteiger partial charge in [-0.05, 0) is 18.9 Å². The van der Waals surface area contributed by atoms with Crippen molar-refractivity contribution in [2.24, 2.45) is 5.92 Å². The number of aliphatic hydroxyl groups excluding tert-OH is 1. The molecular formula is C15H18F3NO2. The molecule has 0 radical (unpaired) electrons. The van der Waals surface area contributed by atoms with Crippen LogP contribution >= 0.6 is 0 Å². The zero-order valence-corrected chi connectivity index (χ0v) is 11.5. The summed E-state index contributed by atoms with van der Waals surface area (Å²) < 4.78 is 39.5. The third kappa shape index (κ3) is 4.20. The van der Waals surface area contributed by atoms with Gasteiger partial charge in [0, 0.05) is 30.9 Å². The van der Waals surface area contributed by atoms with Crippen molar-refractivity contribution in [1.29, 1.82) is 0 Å². The Morgan fingerprint density at radius 3 is 2.57 bits per heavy atom. The molecule has 1 aromatic rings. The standard InChI is InChI=1S/C15H18F3NO2/c16-12-4-2-1-3-11(12)13(20)9-19-14(21)10-5-7-15(17,18)8-6-10/h1-4,10,13,20H,5-9H2,(H,19,21). The van der Waals surface area contributed by atoms with Crippen LogP contribution in [0.2, 0.25) is 0 Å². The monoisotopic (exact) mass is 301 g/mol. The zero-order chi connectivity index (χ0) is 15.5.